The topological polar surface area (TPSA) is 58.6 Å². The summed E-state index contributed by atoms with van der Waals surface area (Å²) in [7, 11) is -1.59. The summed E-state index contributed by atoms with van der Waals surface area (Å²) in [5, 5.41) is 3.17. The summed E-state index contributed by atoms with van der Waals surface area (Å²) in [5.41, 5.74) is 0. The maximum Gasteiger partial charge on any atom is 0.216 e. The van der Waals surface area contributed by atoms with E-state index in [1.165, 1.54) is 7.11 Å². The van der Waals surface area contributed by atoms with Crippen LogP contribution < -0.4 is 5.32 Å². The quantitative estimate of drug-likeness (QED) is 0.751. The van der Waals surface area contributed by atoms with Gasteiger partial charge in [0.05, 0.1) is 12.4 Å². The number of ether oxygens (including phenoxy) is 1. The standard InChI is InChI=1S/C8H18N2O3S.ClH/c1-13-7-8-14(11,12)10-5-2-3-9-4-6-10;/h9H,2-8H2,1H3;1H. The smallest absolute Gasteiger partial charge is 0.216 e. The molecule has 0 radical (unpaired) electrons. The predicted octanol–water partition coefficient (Wildman–Crippen LogP) is -0.320. The molecule has 5 nitrogen and oxygen atoms in total. The SMILES string of the molecule is COCCS(=O)(=O)N1CCCNCC1.Cl. The van der Waals surface area contributed by atoms with Crippen LogP contribution in [0.25, 0.3) is 0 Å². The second-order valence-corrected chi connectivity index (χ2v) is 5.40. The van der Waals surface area contributed by atoms with Gasteiger partial charge in [-0.1, -0.05) is 0 Å². The van der Waals surface area contributed by atoms with Crippen molar-refractivity contribution >= 4 is 22.4 Å². The van der Waals surface area contributed by atoms with Crippen molar-refractivity contribution in [2.45, 2.75) is 6.42 Å². The van der Waals surface area contributed by atoms with Crippen LogP contribution in [0.3, 0.4) is 0 Å². The molecule has 1 rings (SSSR count). The average molecular weight is 259 g/mol. The van der Waals surface area contributed by atoms with Gasteiger partial charge in [0.2, 0.25) is 10.0 Å². The number of rotatable bonds is 4. The lowest BCUT2D eigenvalue weighted by molar-refractivity contribution is 0.215. The van der Waals surface area contributed by atoms with Crippen LogP contribution in [0.4, 0.5) is 0 Å². The lowest BCUT2D eigenvalue weighted by Crippen LogP contribution is -2.36. The lowest BCUT2D eigenvalue weighted by atomic mass is 10.4. The zero-order valence-electron chi connectivity index (χ0n) is 8.94. The third-order valence-electron chi connectivity index (χ3n) is 2.24. The fraction of sp³-hybridized carbons (Fsp3) is 1.00. The summed E-state index contributed by atoms with van der Waals surface area (Å²) in [6, 6.07) is 0. The van der Waals surface area contributed by atoms with Crippen LogP contribution in [0.5, 0.6) is 0 Å². The third-order valence-corrected chi connectivity index (χ3v) is 4.07. The van der Waals surface area contributed by atoms with Crippen LogP contribution in [0.1, 0.15) is 6.42 Å². The monoisotopic (exact) mass is 258 g/mol. The fourth-order valence-corrected chi connectivity index (χ4v) is 2.83. The van der Waals surface area contributed by atoms with Gasteiger partial charge in [0.1, 0.15) is 0 Å². The maximum absolute atomic E-state index is 11.7. The molecule has 0 aromatic heterocycles. The first-order chi connectivity index (χ1) is 6.67. The van der Waals surface area contributed by atoms with E-state index in [-0.39, 0.29) is 24.8 Å². The molecule has 0 spiro atoms. The van der Waals surface area contributed by atoms with Crippen molar-refractivity contribution in [2.24, 2.45) is 0 Å². The van der Waals surface area contributed by atoms with Crippen LogP contribution in [-0.4, -0.2) is 58.4 Å². The molecule has 1 saturated heterocycles. The highest BCUT2D eigenvalue weighted by Crippen LogP contribution is 2.04. The third kappa shape index (κ3) is 5.12. The van der Waals surface area contributed by atoms with Gasteiger partial charge < -0.3 is 10.1 Å². The first kappa shape index (κ1) is 15.1. The zero-order valence-corrected chi connectivity index (χ0v) is 10.6. The van der Waals surface area contributed by atoms with E-state index >= 15 is 0 Å². The number of hydrogen-bond donors (Lipinski definition) is 1. The molecule has 0 aromatic rings. The van der Waals surface area contributed by atoms with E-state index in [1.54, 1.807) is 4.31 Å². The molecule has 1 heterocycles. The molecule has 15 heavy (non-hydrogen) atoms. The van der Waals surface area contributed by atoms with E-state index in [0.29, 0.717) is 13.1 Å². The van der Waals surface area contributed by atoms with Crippen molar-refractivity contribution in [3.05, 3.63) is 0 Å². The lowest BCUT2D eigenvalue weighted by Gasteiger charge is -2.19. The van der Waals surface area contributed by atoms with E-state index in [2.05, 4.69) is 5.32 Å². The van der Waals surface area contributed by atoms with Gasteiger partial charge in [-0.2, -0.15) is 0 Å². The summed E-state index contributed by atoms with van der Waals surface area (Å²) < 4.78 is 29.8. The van der Waals surface area contributed by atoms with Gasteiger partial charge in [0, 0.05) is 26.7 Å². The van der Waals surface area contributed by atoms with Gasteiger partial charge in [-0.05, 0) is 13.0 Å². The van der Waals surface area contributed by atoms with Crippen molar-refractivity contribution in [3.8, 4) is 0 Å². The van der Waals surface area contributed by atoms with E-state index < -0.39 is 10.0 Å². The second-order valence-electron chi connectivity index (χ2n) is 3.31. The molecule has 1 fully saturated rings. The Labute approximate surface area is 97.6 Å². The van der Waals surface area contributed by atoms with Gasteiger partial charge in [-0.3, -0.25) is 0 Å². The molecule has 0 aromatic carbocycles. The van der Waals surface area contributed by atoms with Crippen molar-refractivity contribution in [1.82, 2.24) is 9.62 Å². The van der Waals surface area contributed by atoms with Gasteiger partial charge >= 0.3 is 0 Å². The number of nitrogens with zero attached hydrogens (tertiary/aromatic N) is 1. The molecule has 7 heteroatoms. The summed E-state index contributed by atoms with van der Waals surface area (Å²) in [5.74, 6) is 0.0868. The number of sulfonamides is 1. The molecular weight excluding hydrogens is 240 g/mol. The van der Waals surface area contributed by atoms with Crippen molar-refractivity contribution in [2.75, 3.05) is 45.6 Å². The summed E-state index contributed by atoms with van der Waals surface area (Å²) in [4.78, 5) is 0. The zero-order chi connectivity index (χ0) is 10.4. The van der Waals surface area contributed by atoms with Gasteiger partial charge in [0.25, 0.3) is 0 Å². The Morgan fingerprint density at radius 2 is 2.07 bits per heavy atom. The predicted molar refractivity (Wildman–Crippen MR) is 62.0 cm³/mol. The average Bonchev–Trinajstić information content (AvgIpc) is 2.43. The normalized spacial score (nSPS) is 19.3. The van der Waals surface area contributed by atoms with E-state index in [1.807, 2.05) is 0 Å². The first-order valence-electron chi connectivity index (χ1n) is 4.84. The maximum atomic E-state index is 11.7. The molecule has 1 aliphatic heterocycles. The minimum absolute atomic E-state index is 0. The first-order valence-corrected chi connectivity index (χ1v) is 6.45. The minimum Gasteiger partial charge on any atom is -0.384 e. The molecule has 0 atom stereocenters. The van der Waals surface area contributed by atoms with E-state index in [4.69, 9.17) is 4.74 Å². The Kier molecular flexibility index (Phi) is 7.46. The molecule has 0 amide bonds. The van der Waals surface area contributed by atoms with Gasteiger partial charge in [0.15, 0.2) is 0 Å². The van der Waals surface area contributed by atoms with Crippen LogP contribution in [0, 0.1) is 0 Å². The molecule has 1 N–H and O–H groups in total. The Bertz CT molecular complexity index is 251. The molecule has 0 bridgehead atoms. The second kappa shape index (κ2) is 7.40. The van der Waals surface area contributed by atoms with Gasteiger partial charge in [-0.15, -0.1) is 12.4 Å². The Hall–Kier alpha value is 0.120. The van der Waals surface area contributed by atoms with Crippen LogP contribution >= 0.6 is 12.4 Å². The molecule has 1 aliphatic rings. The highest BCUT2D eigenvalue weighted by molar-refractivity contribution is 7.89. The highest BCUT2D eigenvalue weighted by atomic mass is 35.5. The highest BCUT2D eigenvalue weighted by Gasteiger charge is 2.21. The Morgan fingerprint density at radius 3 is 2.73 bits per heavy atom. The molecular formula is C8H19ClN2O3S. The molecule has 0 unspecified atom stereocenters. The summed E-state index contributed by atoms with van der Waals surface area (Å²) >= 11 is 0. The number of nitrogens with one attached hydrogen (secondary N) is 1. The van der Waals surface area contributed by atoms with E-state index in [0.717, 1.165) is 19.5 Å². The van der Waals surface area contributed by atoms with Gasteiger partial charge in [-0.25, -0.2) is 12.7 Å². The van der Waals surface area contributed by atoms with Crippen molar-refractivity contribution in [1.29, 1.82) is 0 Å². The number of hydrogen-bond acceptors (Lipinski definition) is 4. The Morgan fingerprint density at radius 1 is 1.33 bits per heavy atom. The molecule has 92 valence electrons. The summed E-state index contributed by atoms with van der Waals surface area (Å²) in [6.45, 7) is 3.11. The van der Waals surface area contributed by atoms with Crippen molar-refractivity contribution < 1.29 is 13.2 Å². The van der Waals surface area contributed by atoms with Crippen LogP contribution in [-0.2, 0) is 14.8 Å². The minimum atomic E-state index is -3.10. The van der Waals surface area contributed by atoms with Crippen LogP contribution in [0.15, 0.2) is 0 Å². The number of methoxy groups -OCH3 is 1. The van der Waals surface area contributed by atoms with Crippen LogP contribution in [0.2, 0.25) is 0 Å². The van der Waals surface area contributed by atoms with Crippen molar-refractivity contribution in [3.63, 3.8) is 0 Å². The Balaban J connectivity index is 0.00000196. The van der Waals surface area contributed by atoms with E-state index in [9.17, 15) is 8.42 Å². The molecule has 0 saturated carbocycles. The summed E-state index contributed by atoms with van der Waals surface area (Å²) in [6.07, 6.45) is 0.881. The molecule has 0 aliphatic carbocycles. The number of halogens is 1. The largest absolute Gasteiger partial charge is 0.384 e. The fourth-order valence-electron chi connectivity index (χ4n) is 1.42.